The van der Waals surface area contributed by atoms with Crippen molar-refractivity contribution in [3.8, 4) is 0 Å². The third kappa shape index (κ3) is 2.03. The number of aromatic nitrogens is 6. The van der Waals surface area contributed by atoms with Crippen molar-refractivity contribution in [3.05, 3.63) is 34.3 Å². The van der Waals surface area contributed by atoms with Gasteiger partial charge in [-0.2, -0.15) is 9.36 Å². The minimum Gasteiger partial charge on any atom is -0.258 e. The Bertz CT molecular complexity index is 612. The van der Waals surface area contributed by atoms with E-state index in [1.54, 1.807) is 12.4 Å². The summed E-state index contributed by atoms with van der Waals surface area (Å²) in [6, 6.07) is 0.268. The summed E-state index contributed by atoms with van der Waals surface area (Å²) in [5.74, 6) is 0. The zero-order chi connectivity index (χ0) is 12.5. The number of hydrogen-bond donors (Lipinski definition) is 0. The molecule has 1 saturated carbocycles. The maximum atomic E-state index is 11.9. The standard InChI is InChI=1S/C11H14N6O/c1-8-10(13-6-5-12-8)4-7-16-11(18)17(15-14-16)9-2-3-9/h5-6,9H,2-4,7H2,1H3. The normalized spacial score (nSPS) is 14.9. The first-order valence-corrected chi connectivity index (χ1v) is 6.04. The zero-order valence-corrected chi connectivity index (χ0v) is 10.2. The smallest absolute Gasteiger partial charge is 0.258 e. The van der Waals surface area contributed by atoms with Crippen LogP contribution in [-0.2, 0) is 13.0 Å². The van der Waals surface area contributed by atoms with Gasteiger partial charge in [0.15, 0.2) is 0 Å². The number of aryl methyl sites for hydroxylation is 3. The predicted octanol–water partition coefficient (Wildman–Crippen LogP) is 0.116. The highest BCUT2D eigenvalue weighted by Gasteiger charge is 2.27. The molecule has 0 atom stereocenters. The fourth-order valence-corrected chi connectivity index (χ4v) is 1.87. The summed E-state index contributed by atoms with van der Waals surface area (Å²) in [4.78, 5) is 20.3. The lowest BCUT2D eigenvalue weighted by molar-refractivity contribution is 0.566. The van der Waals surface area contributed by atoms with E-state index in [0.29, 0.717) is 13.0 Å². The predicted molar refractivity (Wildman–Crippen MR) is 63.0 cm³/mol. The van der Waals surface area contributed by atoms with E-state index in [1.807, 2.05) is 6.92 Å². The Morgan fingerprint density at radius 3 is 2.78 bits per heavy atom. The first-order valence-electron chi connectivity index (χ1n) is 6.04. The molecule has 0 bridgehead atoms. The molecular weight excluding hydrogens is 232 g/mol. The lowest BCUT2D eigenvalue weighted by atomic mass is 10.2. The van der Waals surface area contributed by atoms with E-state index in [-0.39, 0.29) is 11.7 Å². The van der Waals surface area contributed by atoms with Crippen LogP contribution in [0.4, 0.5) is 0 Å². The molecule has 0 amide bonds. The molecule has 1 fully saturated rings. The molecule has 0 unspecified atom stereocenters. The van der Waals surface area contributed by atoms with Crippen LogP contribution in [0.15, 0.2) is 17.2 Å². The summed E-state index contributed by atoms with van der Waals surface area (Å²) in [7, 11) is 0. The second-order valence-electron chi connectivity index (χ2n) is 4.50. The fraction of sp³-hybridized carbons (Fsp3) is 0.545. The molecule has 18 heavy (non-hydrogen) atoms. The highest BCUT2D eigenvalue weighted by atomic mass is 16.2. The molecule has 3 rings (SSSR count). The maximum Gasteiger partial charge on any atom is 0.363 e. The van der Waals surface area contributed by atoms with Gasteiger partial charge in [-0.15, -0.1) is 0 Å². The van der Waals surface area contributed by atoms with E-state index in [4.69, 9.17) is 0 Å². The van der Waals surface area contributed by atoms with Gasteiger partial charge in [0, 0.05) is 18.8 Å². The van der Waals surface area contributed by atoms with Crippen LogP contribution in [0.5, 0.6) is 0 Å². The average molecular weight is 246 g/mol. The van der Waals surface area contributed by atoms with Crippen LogP contribution in [0.3, 0.4) is 0 Å². The molecule has 2 aromatic heterocycles. The Hall–Kier alpha value is -2.05. The zero-order valence-electron chi connectivity index (χ0n) is 10.2. The van der Waals surface area contributed by atoms with Crippen molar-refractivity contribution in [2.75, 3.05) is 0 Å². The molecule has 2 aromatic rings. The summed E-state index contributed by atoms with van der Waals surface area (Å²) in [6.45, 7) is 2.40. The van der Waals surface area contributed by atoms with Crippen LogP contribution in [-0.4, -0.2) is 29.8 Å². The lowest BCUT2D eigenvalue weighted by Crippen LogP contribution is -2.25. The van der Waals surface area contributed by atoms with Crippen LogP contribution in [0, 0.1) is 6.92 Å². The van der Waals surface area contributed by atoms with Crippen molar-refractivity contribution in [1.29, 1.82) is 0 Å². The molecule has 7 heteroatoms. The van der Waals surface area contributed by atoms with Crippen molar-refractivity contribution < 1.29 is 0 Å². The number of hydrogen-bond acceptors (Lipinski definition) is 5. The molecule has 1 aliphatic rings. The number of rotatable bonds is 4. The molecule has 0 aliphatic heterocycles. The van der Waals surface area contributed by atoms with Gasteiger partial charge in [-0.3, -0.25) is 9.97 Å². The van der Waals surface area contributed by atoms with Gasteiger partial charge in [-0.25, -0.2) is 4.79 Å². The molecule has 94 valence electrons. The second-order valence-corrected chi connectivity index (χ2v) is 4.50. The van der Waals surface area contributed by atoms with Crippen molar-refractivity contribution in [3.63, 3.8) is 0 Å². The van der Waals surface area contributed by atoms with E-state index in [1.165, 1.54) is 9.36 Å². The topological polar surface area (TPSA) is 78.5 Å². The number of nitrogens with zero attached hydrogens (tertiary/aromatic N) is 6. The van der Waals surface area contributed by atoms with Gasteiger partial charge in [0.05, 0.1) is 24.0 Å². The molecule has 0 saturated heterocycles. The maximum absolute atomic E-state index is 11.9. The third-order valence-corrected chi connectivity index (χ3v) is 3.10. The van der Waals surface area contributed by atoms with E-state index >= 15 is 0 Å². The lowest BCUT2D eigenvalue weighted by Gasteiger charge is -2.01. The molecule has 1 aliphatic carbocycles. The summed E-state index contributed by atoms with van der Waals surface area (Å²) in [5.41, 5.74) is 1.66. The largest absolute Gasteiger partial charge is 0.363 e. The molecule has 0 N–H and O–H groups in total. The molecular formula is C11H14N6O. The second kappa shape index (κ2) is 4.32. The monoisotopic (exact) mass is 246 g/mol. The molecule has 0 radical (unpaired) electrons. The Labute approximate surface area is 103 Å². The Kier molecular flexibility index (Phi) is 2.66. The van der Waals surface area contributed by atoms with Crippen molar-refractivity contribution in [2.45, 2.75) is 38.8 Å². The van der Waals surface area contributed by atoms with Gasteiger partial charge in [-0.1, -0.05) is 0 Å². The Morgan fingerprint density at radius 2 is 2.06 bits per heavy atom. The van der Waals surface area contributed by atoms with E-state index in [2.05, 4.69) is 20.4 Å². The highest BCUT2D eigenvalue weighted by molar-refractivity contribution is 5.07. The Morgan fingerprint density at radius 1 is 1.28 bits per heavy atom. The third-order valence-electron chi connectivity index (χ3n) is 3.10. The fourth-order valence-electron chi connectivity index (χ4n) is 1.87. The van der Waals surface area contributed by atoms with Crippen molar-refractivity contribution in [1.82, 2.24) is 29.8 Å². The molecule has 0 aromatic carbocycles. The van der Waals surface area contributed by atoms with Gasteiger partial charge in [0.1, 0.15) is 0 Å². The minimum absolute atomic E-state index is 0.126. The average Bonchev–Trinajstić information content (AvgIpc) is 3.14. The van der Waals surface area contributed by atoms with Gasteiger partial charge in [0.2, 0.25) is 0 Å². The van der Waals surface area contributed by atoms with Crippen LogP contribution in [0.2, 0.25) is 0 Å². The molecule has 2 heterocycles. The van der Waals surface area contributed by atoms with Gasteiger partial charge < -0.3 is 0 Å². The summed E-state index contributed by atoms with van der Waals surface area (Å²) >= 11 is 0. The number of tetrazole rings is 1. The molecule has 7 nitrogen and oxygen atoms in total. The van der Waals surface area contributed by atoms with Gasteiger partial charge >= 0.3 is 5.69 Å². The first-order chi connectivity index (χ1) is 8.75. The van der Waals surface area contributed by atoms with E-state index in [0.717, 1.165) is 24.2 Å². The van der Waals surface area contributed by atoms with E-state index in [9.17, 15) is 4.79 Å². The van der Waals surface area contributed by atoms with Crippen LogP contribution in [0.1, 0.15) is 30.3 Å². The van der Waals surface area contributed by atoms with Gasteiger partial charge in [0.25, 0.3) is 0 Å². The SMILES string of the molecule is Cc1nccnc1CCn1nnn(C2CC2)c1=O. The van der Waals surface area contributed by atoms with Gasteiger partial charge in [-0.05, 0) is 30.2 Å². The minimum atomic E-state index is -0.126. The Balaban J connectivity index is 1.74. The summed E-state index contributed by atoms with van der Waals surface area (Å²) < 4.78 is 2.87. The highest BCUT2D eigenvalue weighted by Crippen LogP contribution is 2.32. The van der Waals surface area contributed by atoms with Crippen LogP contribution in [0.25, 0.3) is 0 Å². The quantitative estimate of drug-likeness (QED) is 0.765. The van der Waals surface area contributed by atoms with Crippen molar-refractivity contribution >= 4 is 0 Å². The van der Waals surface area contributed by atoms with E-state index < -0.39 is 0 Å². The molecule has 0 spiro atoms. The first kappa shape index (κ1) is 11.1. The van der Waals surface area contributed by atoms with Crippen LogP contribution < -0.4 is 5.69 Å². The summed E-state index contributed by atoms with van der Waals surface area (Å²) in [6.07, 6.45) is 6.02. The van der Waals surface area contributed by atoms with Crippen LogP contribution >= 0.6 is 0 Å². The summed E-state index contributed by atoms with van der Waals surface area (Å²) in [5, 5.41) is 7.78. The van der Waals surface area contributed by atoms with Crippen molar-refractivity contribution in [2.24, 2.45) is 0 Å².